The molecule has 0 aliphatic carbocycles. The molecule has 0 amide bonds. The summed E-state index contributed by atoms with van der Waals surface area (Å²) in [6.45, 7) is 2.45. The lowest BCUT2D eigenvalue weighted by atomic mass is 10.2. The molecule has 0 aromatic heterocycles. The van der Waals surface area contributed by atoms with Crippen LogP contribution in [0, 0.1) is 0 Å². The van der Waals surface area contributed by atoms with E-state index in [0.717, 1.165) is 23.6 Å². The minimum atomic E-state index is -0.542. The highest BCUT2D eigenvalue weighted by atomic mass is 35.5. The minimum Gasteiger partial charge on any atom is -0.486 e. The van der Waals surface area contributed by atoms with Crippen LogP contribution in [0.2, 0.25) is 5.02 Å². The zero-order valence-corrected chi connectivity index (χ0v) is 14.7. The van der Waals surface area contributed by atoms with E-state index in [1.165, 1.54) is 0 Å². The molecular weight excluding hydrogens is 342 g/mol. The molecule has 0 fully saturated rings. The van der Waals surface area contributed by atoms with E-state index in [9.17, 15) is 5.11 Å². The molecule has 1 aliphatic rings. The predicted molar refractivity (Wildman–Crippen MR) is 95.1 cm³/mol. The fraction of sp³-hybridized carbons (Fsp3) is 0.368. The fourth-order valence-corrected chi connectivity index (χ4v) is 2.83. The number of fused-ring (bicyclic) bond motifs is 1. The van der Waals surface area contributed by atoms with E-state index in [-0.39, 0.29) is 12.7 Å². The van der Waals surface area contributed by atoms with Gasteiger partial charge in [-0.15, -0.1) is 0 Å². The van der Waals surface area contributed by atoms with Crippen molar-refractivity contribution in [2.45, 2.75) is 18.8 Å². The number of para-hydroxylation sites is 2. The first-order chi connectivity index (χ1) is 12.2. The van der Waals surface area contributed by atoms with E-state index >= 15 is 0 Å². The van der Waals surface area contributed by atoms with E-state index in [2.05, 4.69) is 0 Å². The molecule has 0 bridgehead atoms. The normalized spacial score (nSPS) is 17.3. The number of hydrogen-bond donors (Lipinski definition) is 2. The van der Waals surface area contributed by atoms with E-state index in [1.54, 1.807) is 0 Å². The standard InChI is InChI=1S/C19H22ClNO4/c20-17-6-2-1-5-14(17)11-23-12-15(22)9-21-10-16-13-24-18-7-3-4-8-19(18)25-16/h1-8,15-16,21-22H,9-13H2/p+1/t15-,16-/m0/s1. The average Bonchev–Trinajstić information content (AvgIpc) is 2.63. The van der Waals surface area contributed by atoms with Gasteiger partial charge in [0, 0.05) is 5.02 Å². The van der Waals surface area contributed by atoms with Crippen LogP contribution in [0.5, 0.6) is 11.5 Å². The van der Waals surface area contributed by atoms with Crippen molar-refractivity contribution in [3.8, 4) is 11.5 Å². The SMILES string of the molecule is O[C@@H](C[NH2+]C[C@H]1COc2ccccc2O1)COCc1ccccc1Cl. The fourth-order valence-electron chi connectivity index (χ4n) is 2.64. The Hall–Kier alpha value is -1.79. The Labute approximate surface area is 152 Å². The maximum atomic E-state index is 10.0. The Bertz CT molecular complexity index is 682. The summed E-state index contributed by atoms with van der Waals surface area (Å²) in [6, 6.07) is 15.2. The third kappa shape index (κ3) is 5.34. The topological polar surface area (TPSA) is 64.5 Å². The zero-order valence-electron chi connectivity index (χ0n) is 13.9. The number of halogens is 1. The second-order valence-corrected chi connectivity index (χ2v) is 6.43. The Morgan fingerprint density at radius 2 is 1.92 bits per heavy atom. The first-order valence-corrected chi connectivity index (χ1v) is 8.79. The maximum absolute atomic E-state index is 10.0. The number of ether oxygens (including phenoxy) is 3. The summed E-state index contributed by atoms with van der Waals surface area (Å²) in [7, 11) is 0. The first kappa shape index (κ1) is 18.0. The number of aliphatic hydroxyl groups excluding tert-OH is 1. The Morgan fingerprint density at radius 3 is 2.76 bits per heavy atom. The van der Waals surface area contributed by atoms with Gasteiger partial charge in [0.2, 0.25) is 0 Å². The molecule has 2 atom stereocenters. The van der Waals surface area contributed by atoms with Crippen LogP contribution in [0.1, 0.15) is 5.56 Å². The van der Waals surface area contributed by atoms with Crippen molar-refractivity contribution >= 4 is 11.6 Å². The smallest absolute Gasteiger partial charge is 0.181 e. The molecule has 2 aromatic carbocycles. The third-order valence-electron chi connectivity index (χ3n) is 3.96. The highest BCUT2D eigenvalue weighted by Crippen LogP contribution is 2.30. The maximum Gasteiger partial charge on any atom is 0.181 e. The summed E-state index contributed by atoms with van der Waals surface area (Å²) < 4.78 is 17.1. The number of nitrogens with two attached hydrogens (primary N) is 1. The largest absolute Gasteiger partial charge is 0.486 e. The molecule has 1 heterocycles. The summed E-state index contributed by atoms with van der Waals surface area (Å²) in [6.07, 6.45) is -0.564. The molecule has 0 radical (unpaired) electrons. The highest BCUT2D eigenvalue weighted by Gasteiger charge is 2.22. The molecule has 3 N–H and O–H groups in total. The highest BCUT2D eigenvalue weighted by molar-refractivity contribution is 6.31. The van der Waals surface area contributed by atoms with Crippen LogP contribution >= 0.6 is 11.6 Å². The molecule has 25 heavy (non-hydrogen) atoms. The van der Waals surface area contributed by atoms with E-state index in [1.807, 2.05) is 53.8 Å². The monoisotopic (exact) mass is 364 g/mol. The second kappa shape index (κ2) is 9.06. The van der Waals surface area contributed by atoms with Gasteiger partial charge in [-0.1, -0.05) is 41.9 Å². The average molecular weight is 365 g/mol. The van der Waals surface area contributed by atoms with Gasteiger partial charge in [0.1, 0.15) is 25.8 Å². The third-order valence-corrected chi connectivity index (χ3v) is 4.33. The molecule has 1 aliphatic heterocycles. The molecule has 0 saturated carbocycles. The van der Waals surface area contributed by atoms with Gasteiger partial charge in [-0.3, -0.25) is 0 Å². The number of aliphatic hydroxyl groups is 1. The van der Waals surface area contributed by atoms with Gasteiger partial charge in [0.25, 0.3) is 0 Å². The van der Waals surface area contributed by atoms with Crippen LogP contribution in [0.4, 0.5) is 0 Å². The predicted octanol–water partition coefficient (Wildman–Crippen LogP) is 1.62. The van der Waals surface area contributed by atoms with E-state index in [0.29, 0.717) is 24.8 Å². The summed E-state index contributed by atoms with van der Waals surface area (Å²) in [4.78, 5) is 0. The molecule has 3 rings (SSSR count). The molecule has 2 aromatic rings. The van der Waals surface area contributed by atoms with Crippen LogP contribution in [-0.2, 0) is 11.3 Å². The van der Waals surface area contributed by atoms with Crippen LogP contribution in [0.25, 0.3) is 0 Å². The lowest BCUT2D eigenvalue weighted by Crippen LogP contribution is -2.89. The number of benzene rings is 2. The van der Waals surface area contributed by atoms with Crippen molar-refractivity contribution in [1.29, 1.82) is 0 Å². The number of quaternary nitrogens is 1. The van der Waals surface area contributed by atoms with Crippen LogP contribution in [0.3, 0.4) is 0 Å². The minimum absolute atomic E-state index is 0.0221. The summed E-state index contributed by atoms with van der Waals surface area (Å²) >= 11 is 6.07. The van der Waals surface area contributed by atoms with Crippen molar-refractivity contribution in [2.24, 2.45) is 0 Å². The Balaban J connectivity index is 1.32. The zero-order chi connectivity index (χ0) is 17.5. The Morgan fingerprint density at radius 1 is 1.16 bits per heavy atom. The van der Waals surface area contributed by atoms with Crippen molar-refractivity contribution in [3.05, 3.63) is 59.1 Å². The molecule has 0 unspecified atom stereocenters. The van der Waals surface area contributed by atoms with Gasteiger partial charge in [-0.25, -0.2) is 0 Å². The van der Waals surface area contributed by atoms with E-state index in [4.69, 9.17) is 25.8 Å². The van der Waals surface area contributed by atoms with Gasteiger partial charge in [-0.2, -0.15) is 0 Å². The van der Waals surface area contributed by atoms with Crippen molar-refractivity contribution in [2.75, 3.05) is 26.3 Å². The van der Waals surface area contributed by atoms with Crippen molar-refractivity contribution < 1.29 is 24.6 Å². The second-order valence-electron chi connectivity index (χ2n) is 6.02. The van der Waals surface area contributed by atoms with Gasteiger partial charge >= 0.3 is 0 Å². The summed E-state index contributed by atoms with van der Waals surface area (Å²) in [5.74, 6) is 1.56. The first-order valence-electron chi connectivity index (χ1n) is 8.41. The lowest BCUT2D eigenvalue weighted by molar-refractivity contribution is -0.666. The quantitative estimate of drug-likeness (QED) is 0.747. The molecule has 0 saturated heterocycles. The van der Waals surface area contributed by atoms with Gasteiger partial charge in [0.15, 0.2) is 17.6 Å². The van der Waals surface area contributed by atoms with Gasteiger partial charge < -0.3 is 24.6 Å². The summed E-state index contributed by atoms with van der Waals surface area (Å²) in [5.41, 5.74) is 0.923. The van der Waals surface area contributed by atoms with E-state index < -0.39 is 6.10 Å². The van der Waals surface area contributed by atoms with Crippen LogP contribution < -0.4 is 14.8 Å². The van der Waals surface area contributed by atoms with Crippen molar-refractivity contribution in [1.82, 2.24) is 0 Å². The number of rotatable bonds is 8. The lowest BCUT2D eigenvalue weighted by Gasteiger charge is -2.25. The number of hydrogen-bond acceptors (Lipinski definition) is 4. The molecular formula is C19H23ClNO4+. The van der Waals surface area contributed by atoms with Gasteiger partial charge in [0.05, 0.1) is 13.2 Å². The Kier molecular flexibility index (Phi) is 6.53. The van der Waals surface area contributed by atoms with Crippen LogP contribution in [-0.4, -0.2) is 43.6 Å². The molecule has 0 spiro atoms. The summed E-state index contributed by atoms with van der Waals surface area (Å²) in [5, 5.41) is 12.7. The molecule has 5 nitrogen and oxygen atoms in total. The van der Waals surface area contributed by atoms with Crippen LogP contribution in [0.15, 0.2) is 48.5 Å². The van der Waals surface area contributed by atoms with Crippen molar-refractivity contribution in [3.63, 3.8) is 0 Å². The molecule has 134 valence electrons. The van der Waals surface area contributed by atoms with Gasteiger partial charge in [-0.05, 0) is 23.8 Å². The molecule has 6 heteroatoms.